The Balaban J connectivity index is 1.93. The van der Waals surface area contributed by atoms with Crippen molar-refractivity contribution in [2.24, 2.45) is 0 Å². The van der Waals surface area contributed by atoms with Gasteiger partial charge in [-0.25, -0.2) is 4.79 Å². The number of hydrogen-bond donors (Lipinski definition) is 0. The van der Waals surface area contributed by atoms with Crippen molar-refractivity contribution in [3.05, 3.63) is 59.5 Å². The molecule has 0 unspecified atom stereocenters. The van der Waals surface area contributed by atoms with Crippen molar-refractivity contribution < 1.29 is 13.9 Å². The minimum absolute atomic E-state index is 0.268. The van der Waals surface area contributed by atoms with Crippen LogP contribution in [0.1, 0.15) is 28.6 Å². The second-order valence-electron chi connectivity index (χ2n) is 4.00. The average Bonchev–Trinajstić information content (AvgIpc) is 2.90. The van der Waals surface area contributed by atoms with E-state index in [-0.39, 0.29) is 5.97 Å². The number of rotatable bonds is 5. The van der Waals surface area contributed by atoms with Gasteiger partial charge < -0.3 is 9.15 Å². The summed E-state index contributed by atoms with van der Waals surface area (Å²) >= 11 is 0. The molecule has 2 aromatic rings. The molecule has 0 aliphatic carbocycles. The standard InChI is InChI=1S/C15H16O3/c1-2-17-15(16)13-8-5-12(6-9-13)7-10-14-4-3-11-18-14/h3-6,8-9,11H,2,7,10H2,1H3. The third-order valence-corrected chi connectivity index (χ3v) is 2.71. The molecule has 1 aromatic heterocycles. The van der Waals surface area contributed by atoms with Gasteiger partial charge in [-0.1, -0.05) is 12.1 Å². The lowest BCUT2D eigenvalue weighted by atomic mass is 10.1. The van der Waals surface area contributed by atoms with Crippen molar-refractivity contribution in [3.8, 4) is 0 Å². The van der Waals surface area contributed by atoms with Crippen LogP contribution in [-0.2, 0) is 17.6 Å². The highest BCUT2D eigenvalue weighted by atomic mass is 16.5. The summed E-state index contributed by atoms with van der Waals surface area (Å²) in [7, 11) is 0. The molecule has 0 spiro atoms. The first-order chi connectivity index (χ1) is 8.79. The molecule has 1 aromatic carbocycles. The fourth-order valence-electron chi connectivity index (χ4n) is 1.74. The lowest BCUT2D eigenvalue weighted by Crippen LogP contribution is -2.04. The number of hydrogen-bond acceptors (Lipinski definition) is 3. The number of carbonyl (C=O) groups is 1. The molecule has 3 nitrogen and oxygen atoms in total. The van der Waals surface area contributed by atoms with Crippen LogP contribution >= 0.6 is 0 Å². The quantitative estimate of drug-likeness (QED) is 0.758. The van der Waals surface area contributed by atoms with Gasteiger partial charge in [0.25, 0.3) is 0 Å². The van der Waals surface area contributed by atoms with Gasteiger partial charge in [-0.3, -0.25) is 0 Å². The zero-order valence-corrected chi connectivity index (χ0v) is 10.4. The summed E-state index contributed by atoms with van der Waals surface area (Å²) in [6, 6.07) is 11.4. The molecule has 1 heterocycles. The molecule has 0 fully saturated rings. The van der Waals surface area contributed by atoms with Crippen LogP contribution in [0.2, 0.25) is 0 Å². The second kappa shape index (κ2) is 6.05. The maximum atomic E-state index is 11.5. The van der Waals surface area contributed by atoms with Crippen LogP contribution in [-0.4, -0.2) is 12.6 Å². The predicted molar refractivity (Wildman–Crippen MR) is 68.5 cm³/mol. The molecule has 18 heavy (non-hydrogen) atoms. The molecule has 0 amide bonds. The molecule has 0 saturated heterocycles. The third kappa shape index (κ3) is 3.23. The molecular formula is C15H16O3. The molecule has 2 rings (SSSR count). The fourth-order valence-corrected chi connectivity index (χ4v) is 1.74. The maximum Gasteiger partial charge on any atom is 0.338 e. The van der Waals surface area contributed by atoms with Crippen molar-refractivity contribution >= 4 is 5.97 Å². The molecule has 0 radical (unpaired) electrons. The van der Waals surface area contributed by atoms with Gasteiger partial charge in [0.2, 0.25) is 0 Å². The highest BCUT2D eigenvalue weighted by molar-refractivity contribution is 5.89. The van der Waals surface area contributed by atoms with Crippen molar-refractivity contribution in [2.45, 2.75) is 19.8 Å². The van der Waals surface area contributed by atoms with Crippen LogP contribution in [0.25, 0.3) is 0 Å². The summed E-state index contributed by atoms with van der Waals surface area (Å²) in [5, 5.41) is 0. The number of furan rings is 1. The van der Waals surface area contributed by atoms with Crippen LogP contribution < -0.4 is 0 Å². The van der Waals surface area contributed by atoms with Crippen molar-refractivity contribution in [1.82, 2.24) is 0 Å². The average molecular weight is 244 g/mol. The molecule has 0 aliphatic heterocycles. The van der Waals surface area contributed by atoms with Crippen LogP contribution in [0.3, 0.4) is 0 Å². The largest absolute Gasteiger partial charge is 0.469 e. The number of esters is 1. The summed E-state index contributed by atoms with van der Waals surface area (Å²) in [6.45, 7) is 2.20. The van der Waals surface area contributed by atoms with Gasteiger partial charge in [-0.05, 0) is 43.2 Å². The monoisotopic (exact) mass is 244 g/mol. The highest BCUT2D eigenvalue weighted by Gasteiger charge is 2.05. The van der Waals surface area contributed by atoms with E-state index in [9.17, 15) is 4.79 Å². The Morgan fingerprint density at radius 2 is 1.94 bits per heavy atom. The van der Waals surface area contributed by atoms with Crippen molar-refractivity contribution in [1.29, 1.82) is 0 Å². The molecule has 3 heteroatoms. The number of ether oxygens (including phenoxy) is 1. The van der Waals surface area contributed by atoms with E-state index in [1.54, 1.807) is 25.3 Å². The van der Waals surface area contributed by atoms with E-state index in [0.717, 1.165) is 18.6 Å². The molecule has 0 bridgehead atoms. The van der Waals surface area contributed by atoms with E-state index in [1.807, 2.05) is 24.3 Å². The third-order valence-electron chi connectivity index (χ3n) is 2.71. The highest BCUT2D eigenvalue weighted by Crippen LogP contribution is 2.10. The smallest absolute Gasteiger partial charge is 0.338 e. The zero-order chi connectivity index (χ0) is 12.8. The SMILES string of the molecule is CCOC(=O)c1ccc(CCc2ccco2)cc1. The number of carbonyl (C=O) groups excluding carboxylic acids is 1. The first-order valence-corrected chi connectivity index (χ1v) is 6.08. The van der Waals surface area contributed by atoms with E-state index in [4.69, 9.17) is 9.15 Å². The van der Waals surface area contributed by atoms with Gasteiger partial charge in [0.15, 0.2) is 0 Å². The molecule has 94 valence electrons. The Morgan fingerprint density at radius 3 is 2.56 bits per heavy atom. The summed E-state index contributed by atoms with van der Waals surface area (Å²) in [4.78, 5) is 11.5. The zero-order valence-electron chi connectivity index (χ0n) is 10.4. The van der Waals surface area contributed by atoms with Crippen LogP contribution in [0.15, 0.2) is 47.1 Å². The first-order valence-electron chi connectivity index (χ1n) is 6.08. The predicted octanol–water partition coefficient (Wildman–Crippen LogP) is 3.24. The fraction of sp³-hybridized carbons (Fsp3) is 0.267. The Morgan fingerprint density at radius 1 is 1.17 bits per heavy atom. The summed E-state index contributed by atoms with van der Waals surface area (Å²) in [6.07, 6.45) is 3.45. The molecular weight excluding hydrogens is 228 g/mol. The molecule has 0 aliphatic rings. The Kier molecular flexibility index (Phi) is 4.18. The van der Waals surface area contributed by atoms with Crippen LogP contribution in [0.5, 0.6) is 0 Å². The van der Waals surface area contributed by atoms with E-state index in [2.05, 4.69) is 0 Å². The van der Waals surface area contributed by atoms with Crippen LogP contribution in [0.4, 0.5) is 0 Å². The minimum atomic E-state index is -0.268. The molecule has 0 atom stereocenters. The lowest BCUT2D eigenvalue weighted by Gasteiger charge is -2.03. The van der Waals surface area contributed by atoms with Crippen LogP contribution in [0, 0.1) is 0 Å². The Bertz CT molecular complexity index is 483. The van der Waals surface area contributed by atoms with E-state index in [0.29, 0.717) is 12.2 Å². The van der Waals surface area contributed by atoms with E-state index >= 15 is 0 Å². The number of benzene rings is 1. The van der Waals surface area contributed by atoms with Gasteiger partial charge in [-0.2, -0.15) is 0 Å². The topological polar surface area (TPSA) is 39.4 Å². The van der Waals surface area contributed by atoms with Crippen molar-refractivity contribution in [3.63, 3.8) is 0 Å². The Hall–Kier alpha value is -2.03. The lowest BCUT2D eigenvalue weighted by molar-refractivity contribution is 0.0526. The molecule has 0 N–H and O–H groups in total. The van der Waals surface area contributed by atoms with Gasteiger partial charge in [-0.15, -0.1) is 0 Å². The Labute approximate surface area is 106 Å². The maximum absolute atomic E-state index is 11.5. The molecule has 0 saturated carbocycles. The van der Waals surface area contributed by atoms with E-state index < -0.39 is 0 Å². The minimum Gasteiger partial charge on any atom is -0.469 e. The van der Waals surface area contributed by atoms with E-state index in [1.165, 1.54) is 5.56 Å². The van der Waals surface area contributed by atoms with Gasteiger partial charge in [0.1, 0.15) is 5.76 Å². The summed E-state index contributed by atoms with van der Waals surface area (Å²) < 4.78 is 10.2. The second-order valence-corrected chi connectivity index (χ2v) is 4.00. The summed E-state index contributed by atoms with van der Waals surface area (Å²) in [5.74, 6) is 0.708. The normalized spacial score (nSPS) is 10.3. The van der Waals surface area contributed by atoms with Gasteiger partial charge in [0.05, 0.1) is 18.4 Å². The summed E-state index contributed by atoms with van der Waals surface area (Å²) in [5.41, 5.74) is 1.78. The number of aryl methyl sites for hydroxylation is 2. The van der Waals surface area contributed by atoms with Gasteiger partial charge >= 0.3 is 5.97 Å². The van der Waals surface area contributed by atoms with Gasteiger partial charge in [0, 0.05) is 6.42 Å². The first kappa shape index (κ1) is 12.4. The van der Waals surface area contributed by atoms with Crippen molar-refractivity contribution in [2.75, 3.05) is 6.61 Å².